The van der Waals surface area contributed by atoms with Crippen molar-refractivity contribution in [2.75, 3.05) is 20.1 Å². The van der Waals surface area contributed by atoms with Crippen LogP contribution in [0.2, 0.25) is 0 Å². The first-order valence-corrected chi connectivity index (χ1v) is 7.08. The Morgan fingerprint density at radius 2 is 2.33 bits per heavy atom. The highest BCUT2D eigenvalue weighted by atomic mass is 15.3. The highest BCUT2D eigenvalue weighted by molar-refractivity contribution is 5.04. The molecule has 1 aliphatic heterocycles. The van der Waals surface area contributed by atoms with E-state index < -0.39 is 0 Å². The highest BCUT2D eigenvalue weighted by Gasteiger charge is 2.18. The zero-order valence-corrected chi connectivity index (χ0v) is 11.9. The average Bonchev–Trinajstić information content (AvgIpc) is 2.76. The van der Waals surface area contributed by atoms with Crippen LogP contribution in [0.5, 0.6) is 0 Å². The first kappa shape index (κ1) is 13.6. The van der Waals surface area contributed by atoms with E-state index in [0.29, 0.717) is 12.0 Å². The maximum absolute atomic E-state index is 4.44. The second-order valence-corrected chi connectivity index (χ2v) is 5.83. The topological polar surface area (TPSA) is 33.1 Å². The molecule has 1 unspecified atom stereocenters. The summed E-state index contributed by atoms with van der Waals surface area (Å²) < 4.78 is 2.07. The Morgan fingerprint density at radius 3 is 3.06 bits per heavy atom. The number of aromatic nitrogens is 2. The predicted molar refractivity (Wildman–Crippen MR) is 74.4 cm³/mol. The lowest BCUT2D eigenvalue weighted by atomic mass is 10.1. The molecule has 4 heteroatoms. The van der Waals surface area contributed by atoms with E-state index in [0.717, 1.165) is 19.6 Å². The fourth-order valence-electron chi connectivity index (χ4n) is 2.65. The van der Waals surface area contributed by atoms with Crippen LogP contribution in [-0.4, -0.2) is 40.9 Å². The molecule has 0 saturated carbocycles. The Balaban J connectivity index is 1.86. The van der Waals surface area contributed by atoms with Crippen LogP contribution in [0.3, 0.4) is 0 Å². The SMILES string of the molecule is CNC1CCCN(Cc2cnn(CC(C)C)c2)C1. The molecule has 4 nitrogen and oxygen atoms in total. The third-order valence-electron chi connectivity index (χ3n) is 3.56. The van der Waals surface area contributed by atoms with Crippen LogP contribution in [0.4, 0.5) is 0 Å². The number of piperidine rings is 1. The van der Waals surface area contributed by atoms with Crippen molar-refractivity contribution >= 4 is 0 Å². The van der Waals surface area contributed by atoms with Crippen LogP contribution in [0, 0.1) is 5.92 Å². The molecule has 1 aromatic rings. The zero-order chi connectivity index (χ0) is 13.0. The molecule has 1 N–H and O–H groups in total. The van der Waals surface area contributed by atoms with Crippen molar-refractivity contribution in [2.45, 2.75) is 45.8 Å². The fourth-order valence-corrected chi connectivity index (χ4v) is 2.65. The Bertz CT molecular complexity index is 358. The maximum atomic E-state index is 4.44. The van der Waals surface area contributed by atoms with E-state index in [1.165, 1.54) is 24.9 Å². The number of hydrogen-bond donors (Lipinski definition) is 1. The summed E-state index contributed by atoms with van der Waals surface area (Å²) in [6.45, 7) is 8.88. The molecule has 0 aliphatic carbocycles. The van der Waals surface area contributed by atoms with Crippen molar-refractivity contribution in [1.29, 1.82) is 0 Å². The molecule has 0 aromatic carbocycles. The van der Waals surface area contributed by atoms with Gasteiger partial charge >= 0.3 is 0 Å². The van der Waals surface area contributed by atoms with Gasteiger partial charge in [-0.3, -0.25) is 9.58 Å². The molecule has 0 bridgehead atoms. The molecular formula is C14H26N4. The molecule has 0 amide bonds. The van der Waals surface area contributed by atoms with Gasteiger partial charge in [-0.2, -0.15) is 5.10 Å². The van der Waals surface area contributed by atoms with Gasteiger partial charge in [0.15, 0.2) is 0 Å². The van der Waals surface area contributed by atoms with E-state index in [1.807, 2.05) is 6.20 Å². The minimum Gasteiger partial charge on any atom is -0.316 e. The first-order chi connectivity index (χ1) is 8.67. The fraction of sp³-hybridized carbons (Fsp3) is 0.786. The van der Waals surface area contributed by atoms with Gasteiger partial charge in [-0.05, 0) is 32.4 Å². The molecule has 0 radical (unpaired) electrons. The normalized spacial score (nSPS) is 21.7. The second kappa shape index (κ2) is 6.34. The number of likely N-dealkylation sites (N-methyl/N-ethyl adjacent to an activating group) is 1. The van der Waals surface area contributed by atoms with E-state index in [2.05, 4.69) is 47.1 Å². The molecule has 0 spiro atoms. The van der Waals surface area contributed by atoms with E-state index in [1.54, 1.807) is 0 Å². The summed E-state index contributed by atoms with van der Waals surface area (Å²) in [5.74, 6) is 0.654. The minimum atomic E-state index is 0.654. The summed E-state index contributed by atoms with van der Waals surface area (Å²) in [6, 6.07) is 0.657. The van der Waals surface area contributed by atoms with E-state index in [4.69, 9.17) is 0 Å². The smallest absolute Gasteiger partial charge is 0.0534 e. The Morgan fingerprint density at radius 1 is 1.50 bits per heavy atom. The zero-order valence-electron chi connectivity index (χ0n) is 11.9. The van der Waals surface area contributed by atoms with Crippen LogP contribution in [0.25, 0.3) is 0 Å². The van der Waals surface area contributed by atoms with Gasteiger partial charge in [0.1, 0.15) is 0 Å². The monoisotopic (exact) mass is 250 g/mol. The van der Waals surface area contributed by atoms with Crippen molar-refractivity contribution in [2.24, 2.45) is 5.92 Å². The van der Waals surface area contributed by atoms with Crippen LogP contribution >= 0.6 is 0 Å². The summed E-state index contributed by atoms with van der Waals surface area (Å²) in [5.41, 5.74) is 1.34. The van der Waals surface area contributed by atoms with E-state index in [-0.39, 0.29) is 0 Å². The lowest BCUT2D eigenvalue weighted by Crippen LogP contribution is -2.43. The Labute approximate surface area is 110 Å². The van der Waals surface area contributed by atoms with Gasteiger partial charge in [0.25, 0.3) is 0 Å². The first-order valence-electron chi connectivity index (χ1n) is 7.08. The number of likely N-dealkylation sites (tertiary alicyclic amines) is 1. The Hall–Kier alpha value is -0.870. The number of nitrogens with zero attached hydrogens (tertiary/aromatic N) is 3. The lowest BCUT2D eigenvalue weighted by Gasteiger charge is -2.32. The van der Waals surface area contributed by atoms with Gasteiger partial charge in [0.2, 0.25) is 0 Å². The largest absolute Gasteiger partial charge is 0.316 e. The van der Waals surface area contributed by atoms with Crippen molar-refractivity contribution in [1.82, 2.24) is 20.0 Å². The van der Waals surface area contributed by atoms with Crippen LogP contribution in [0.15, 0.2) is 12.4 Å². The second-order valence-electron chi connectivity index (χ2n) is 5.83. The van der Waals surface area contributed by atoms with E-state index >= 15 is 0 Å². The molecule has 2 rings (SSSR count). The molecule has 1 saturated heterocycles. The summed E-state index contributed by atoms with van der Waals surface area (Å²) in [5, 5.41) is 7.82. The number of hydrogen-bond acceptors (Lipinski definition) is 3. The predicted octanol–water partition coefficient (Wildman–Crippen LogP) is 1.72. The average molecular weight is 250 g/mol. The molecule has 1 aromatic heterocycles. The summed E-state index contributed by atoms with van der Waals surface area (Å²) in [7, 11) is 2.06. The Kier molecular flexibility index (Phi) is 4.78. The van der Waals surface area contributed by atoms with Gasteiger partial charge in [-0.1, -0.05) is 13.8 Å². The van der Waals surface area contributed by atoms with Crippen LogP contribution in [-0.2, 0) is 13.1 Å². The number of rotatable bonds is 5. The number of nitrogens with one attached hydrogen (secondary N) is 1. The van der Waals surface area contributed by atoms with Gasteiger partial charge in [0, 0.05) is 37.4 Å². The molecule has 18 heavy (non-hydrogen) atoms. The van der Waals surface area contributed by atoms with Gasteiger partial charge in [-0.15, -0.1) is 0 Å². The van der Waals surface area contributed by atoms with Crippen molar-refractivity contribution in [3.63, 3.8) is 0 Å². The third-order valence-corrected chi connectivity index (χ3v) is 3.56. The summed E-state index contributed by atoms with van der Waals surface area (Å²) in [6.07, 6.45) is 6.82. The van der Waals surface area contributed by atoms with Crippen LogP contribution in [0.1, 0.15) is 32.3 Å². The van der Waals surface area contributed by atoms with Crippen LogP contribution < -0.4 is 5.32 Å². The van der Waals surface area contributed by atoms with Gasteiger partial charge < -0.3 is 5.32 Å². The van der Waals surface area contributed by atoms with Gasteiger partial charge in [-0.25, -0.2) is 0 Å². The quantitative estimate of drug-likeness (QED) is 0.864. The minimum absolute atomic E-state index is 0.654. The standard InChI is InChI=1S/C14H26N4/c1-12(2)8-18-10-13(7-16-18)9-17-6-4-5-14(11-17)15-3/h7,10,12,14-15H,4-6,8-9,11H2,1-3H3. The molecule has 2 heterocycles. The van der Waals surface area contributed by atoms with Crippen molar-refractivity contribution in [3.8, 4) is 0 Å². The molecule has 1 fully saturated rings. The summed E-state index contributed by atoms with van der Waals surface area (Å²) >= 11 is 0. The van der Waals surface area contributed by atoms with E-state index in [9.17, 15) is 0 Å². The molecule has 1 aliphatic rings. The molecular weight excluding hydrogens is 224 g/mol. The van der Waals surface area contributed by atoms with Crippen molar-refractivity contribution < 1.29 is 0 Å². The highest BCUT2D eigenvalue weighted by Crippen LogP contribution is 2.13. The third kappa shape index (κ3) is 3.82. The maximum Gasteiger partial charge on any atom is 0.0534 e. The van der Waals surface area contributed by atoms with Gasteiger partial charge in [0.05, 0.1) is 6.20 Å². The molecule has 1 atom stereocenters. The lowest BCUT2D eigenvalue weighted by molar-refractivity contribution is 0.188. The molecule has 102 valence electrons. The summed E-state index contributed by atoms with van der Waals surface area (Å²) in [4.78, 5) is 2.53. The van der Waals surface area contributed by atoms with Crippen molar-refractivity contribution in [3.05, 3.63) is 18.0 Å².